The molecule has 0 aromatic carbocycles. The molecule has 2 aliphatic carbocycles. The molecule has 2 saturated carbocycles. The summed E-state index contributed by atoms with van der Waals surface area (Å²) in [7, 11) is 0. The van der Waals surface area contributed by atoms with Crippen molar-refractivity contribution in [2.45, 2.75) is 66.2 Å². The van der Waals surface area contributed by atoms with Crippen LogP contribution in [-0.2, 0) is 0 Å². The predicted octanol–water partition coefficient (Wildman–Crippen LogP) is 4.71. The highest BCUT2D eigenvalue weighted by atomic mass is 14.6. The second kappa shape index (κ2) is 6.61. The van der Waals surface area contributed by atoms with Crippen LogP contribution in [0.2, 0.25) is 0 Å². The molecule has 0 amide bonds. The molecule has 1 heteroatoms. The zero-order valence-electron chi connectivity index (χ0n) is 13.6. The zero-order valence-corrected chi connectivity index (χ0v) is 13.6. The van der Waals surface area contributed by atoms with Crippen LogP contribution < -0.4 is 5.73 Å². The zero-order chi connectivity index (χ0) is 14.0. The molecule has 0 spiro atoms. The molecule has 0 bridgehead atoms. The average molecular weight is 265 g/mol. The molecular formula is C18H35N. The summed E-state index contributed by atoms with van der Waals surface area (Å²) in [6.45, 7) is 10.7. The minimum Gasteiger partial charge on any atom is -0.330 e. The van der Waals surface area contributed by atoms with Crippen LogP contribution in [-0.4, -0.2) is 6.54 Å². The van der Waals surface area contributed by atoms with E-state index in [2.05, 4.69) is 27.7 Å². The lowest BCUT2D eigenvalue weighted by molar-refractivity contribution is 0.0585. The fourth-order valence-electron chi connectivity index (χ4n) is 4.76. The minimum atomic E-state index is 0.820. The summed E-state index contributed by atoms with van der Waals surface area (Å²) >= 11 is 0. The first-order valence-electron chi connectivity index (χ1n) is 8.73. The van der Waals surface area contributed by atoms with Gasteiger partial charge in [0.2, 0.25) is 0 Å². The van der Waals surface area contributed by atoms with Gasteiger partial charge < -0.3 is 5.73 Å². The number of rotatable bonds is 3. The van der Waals surface area contributed by atoms with Gasteiger partial charge in [0.25, 0.3) is 0 Å². The molecule has 0 saturated heterocycles. The summed E-state index contributed by atoms with van der Waals surface area (Å²) in [6, 6.07) is 0. The van der Waals surface area contributed by atoms with Gasteiger partial charge in [-0.2, -0.15) is 0 Å². The van der Waals surface area contributed by atoms with Crippen molar-refractivity contribution in [3.8, 4) is 0 Å². The van der Waals surface area contributed by atoms with Gasteiger partial charge in [-0.1, -0.05) is 34.1 Å². The third-order valence-electron chi connectivity index (χ3n) is 6.58. The fourth-order valence-corrected chi connectivity index (χ4v) is 4.76. The molecule has 2 N–H and O–H groups in total. The molecule has 0 aromatic heterocycles. The monoisotopic (exact) mass is 265 g/mol. The second-order valence-corrected chi connectivity index (χ2v) is 8.00. The largest absolute Gasteiger partial charge is 0.330 e. The Morgan fingerprint density at radius 2 is 1.68 bits per heavy atom. The van der Waals surface area contributed by atoms with Crippen molar-refractivity contribution < 1.29 is 0 Å². The van der Waals surface area contributed by atoms with Crippen molar-refractivity contribution in [1.29, 1.82) is 0 Å². The lowest BCUT2D eigenvalue weighted by atomic mass is 9.61. The highest BCUT2D eigenvalue weighted by molar-refractivity contribution is 4.89. The Bertz CT molecular complexity index is 273. The SMILES string of the molecule is CC(C)C1CCC(CN)C(C2CCC(C)C(C)C2)C1. The van der Waals surface area contributed by atoms with Crippen molar-refractivity contribution in [2.24, 2.45) is 47.2 Å². The van der Waals surface area contributed by atoms with E-state index in [1.807, 2.05) is 0 Å². The fraction of sp³-hybridized carbons (Fsp3) is 1.00. The van der Waals surface area contributed by atoms with Crippen LogP contribution in [0.4, 0.5) is 0 Å². The molecule has 2 fully saturated rings. The molecule has 19 heavy (non-hydrogen) atoms. The van der Waals surface area contributed by atoms with Gasteiger partial charge in [-0.25, -0.2) is 0 Å². The van der Waals surface area contributed by atoms with E-state index in [1.54, 1.807) is 0 Å². The normalized spacial score (nSPS) is 44.5. The Hall–Kier alpha value is -0.0400. The summed E-state index contributed by atoms with van der Waals surface area (Å²) in [4.78, 5) is 0. The van der Waals surface area contributed by atoms with Crippen molar-refractivity contribution in [2.75, 3.05) is 6.54 Å². The first-order valence-corrected chi connectivity index (χ1v) is 8.73. The maximum absolute atomic E-state index is 6.08. The minimum absolute atomic E-state index is 0.820. The number of nitrogens with two attached hydrogens (primary N) is 1. The molecular weight excluding hydrogens is 230 g/mol. The smallest absolute Gasteiger partial charge is 0.00461 e. The van der Waals surface area contributed by atoms with Crippen molar-refractivity contribution >= 4 is 0 Å². The summed E-state index contributed by atoms with van der Waals surface area (Å²) in [5.41, 5.74) is 6.08. The van der Waals surface area contributed by atoms with Crippen LogP contribution in [0.1, 0.15) is 66.2 Å². The Morgan fingerprint density at radius 1 is 0.947 bits per heavy atom. The van der Waals surface area contributed by atoms with Crippen molar-refractivity contribution in [3.63, 3.8) is 0 Å². The maximum Gasteiger partial charge on any atom is -0.00461 e. The van der Waals surface area contributed by atoms with E-state index in [-0.39, 0.29) is 0 Å². The Morgan fingerprint density at radius 3 is 2.26 bits per heavy atom. The predicted molar refractivity (Wildman–Crippen MR) is 83.9 cm³/mol. The van der Waals surface area contributed by atoms with Gasteiger partial charge in [-0.3, -0.25) is 0 Å². The standard InChI is InChI=1S/C18H35N/c1-12(2)15-7-8-17(11-19)18(10-15)16-6-5-13(3)14(4)9-16/h12-18H,5-11,19H2,1-4H3. The lowest BCUT2D eigenvalue weighted by Gasteiger charge is -2.45. The third-order valence-corrected chi connectivity index (χ3v) is 6.58. The van der Waals surface area contributed by atoms with E-state index in [0.717, 1.165) is 48.0 Å². The Balaban J connectivity index is 2.01. The summed E-state index contributed by atoms with van der Waals surface area (Å²) in [5, 5.41) is 0. The van der Waals surface area contributed by atoms with Gasteiger partial charge in [0.15, 0.2) is 0 Å². The first-order chi connectivity index (χ1) is 9.02. The Kier molecular flexibility index (Phi) is 5.34. The van der Waals surface area contributed by atoms with Crippen LogP contribution in [0.5, 0.6) is 0 Å². The molecule has 0 aliphatic heterocycles. The van der Waals surface area contributed by atoms with Crippen molar-refractivity contribution in [1.82, 2.24) is 0 Å². The average Bonchev–Trinajstić information content (AvgIpc) is 2.41. The quantitative estimate of drug-likeness (QED) is 0.786. The van der Waals surface area contributed by atoms with Crippen LogP contribution in [0.15, 0.2) is 0 Å². The van der Waals surface area contributed by atoms with Gasteiger partial charge >= 0.3 is 0 Å². The van der Waals surface area contributed by atoms with Gasteiger partial charge in [0.05, 0.1) is 0 Å². The van der Waals surface area contributed by atoms with Gasteiger partial charge in [0, 0.05) is 0 Å². The molecule has 2 aliphatic rings. The van der Waals surface area contributed by atoms with Gasteiger partial charge in [0.1, 0.15) is 0 Å². The molecule has 1 nitrogen and oxygen atoms in total. The van der Waals surface area contributed by atoms with E-state index in [1.165, 1.54) is 38.5 Å². The molecule has 0 radical (unpaired) electrons. The highest BCUT2D eigenvalue weighted by Gasteiger charge is 2.38. The first kappa shape index (κ1) is 15.4. The number of hydrogen-bond acceptors (Lipinski definition) is 1. The van der Waals surface area contributed by atoms with E-state index in [9.17, 15) is 0 Å². The summed E-state index contributed by atoms with van der Waals surface area (Å²) in [6.07, 6.45) is 8.67. The van der Waals surface area contributed by atoms with E-state index in [4.69, 9.17) is 5.73 Å². The van der Waals surface area contributed by atoms with Gasteiger partial charge in [-0.05, 0) is 80.1 Å². The molecule has 6 unspecified atom stereocenters. The van der Waals surface area contributed by atoms with Crippen LogP contribution in [0.25, 0.3) is 0 Å². The van der Waals surface area contributed by atoms with Crippen LogP contribution >= 0.6 is 0 Å². The molecule has 0 aromatic rings. The summed E-state index contributed by atoms with van der Waals surface area (Å²) < 4.78 is 0. The van der Waals surface area contributed by atoms with Crippen LogP contribution in [0.3, 0.4) is 0 Å². The summed E-state index contributed by atoms with van der Waals surface area (Å²) in [5.74, 6) is 6.42. The van der Waals surface area contributed by atoms with Crippen molar-refractivity contribution in [3.05, 3.63) is 0 Å². The van der Waals surface area contributed by atoms with Crippen LogP contribution in [0, 0.1) is 41.4 Å². The lowest BCUT2D eigenvalue weighted by Crippen LogP contribution is -2.38. The Labute approximate surface area is 120 Å². The molecule has 2 rings (SSSR count). The molecule has 112 valence electrons. The van der Waals surface area contributed by atoms with E-state index < -0.39 is 0 Å². The highest BCUT2D eigenvalue weighted by Crippen LogP contribution is 2.47. The topological polar surface area (TPSA) is 26.0 Å². The van der Waals surface area contributed by atoms with E-state index >= 15 is 0 Å². The second-order valence-electron chi connectivity index (χ2n) is 8.00. The van der Waals surface area contributed by atoms with Gasteiger partial charge in [-0.15, -0.1) is 0 Å². The van der Waals surface area contributed by atoms with E-state index in [0.29, 0.717) is 0 Å². The maximum atomic E-state index is 6.08. The molecule has 6 atom stereocenters. The third kappa shape index (κ3) is 3.54. The number of hydrogen-bond donors (Lipinski definition) is 1. The molecule has 0 heterocycles.